The van der Waals surface area contributed by atoms with E-state index in [0.29, 0.717) is 16.4 Å². The molecule has 0 spiro atoms. The third-order valence-corrected chi connectivity index (χ3v) is 4.53. The minimum atomic E-state index is -0.627. The number of pyridine rings is 1. The Morgan fingerprint density at radius 2 is 1.79 bits per heavy atom. The summed E-state index contributed by atoms with van der Waals surface area (Å²) in [5.41, 5.74) is 2.30. The van der Waals surface area contributed by atoms with Gasteiger partial charge in [-0.15, -0.1) is 11.8 Å². The Labute approximate surface area is 148 Å². The Kier molecular flexibility index (Phi) is 5.17. The van der Waals surface area contributed by atoms with Gasteiger partial charge in [-0.2, -0.15) is 0 Å². The largest absolute Gasteiger partial charge is 0.248 e. The first kappa shape index (κ1) is 16.9. The SMILES string of the molecule is CCSc1cc(-c2cccc(Cl)c2)nc(-c2ccc(F)cc2F)c1. The molecule has 0 aliphatic heterocycles. The molecular formula is C19H14ClF2NS. The van der Waals surface area contributed by atoms with Gasteiger partial charge in [-0.3, -0.25) is 0 Å². The third-order valence-electron chi connectivity index (χ3n) is 3.44. The van der Waals surface area contributed by atoms with Crippen molar-refractivity contribution in [3.05, 3.63) is 71.3 Å². The Morgan fingerprint density at radius 3 is 2.50 bits per heavy atom. The van der Waals surface area contributed by atoms with Crippen LogP contribution in [0.4, 0.5) is 8.78 Å². The monoisotopic (exact) mass is 361 g/mol. The van der Waals surface area contributed by atoms with Gasteiger partial charge in [0.15, 0.2) is 0 Å². The fourth-order valence-electron chi connectivity index (χ4n) is 2.39. The van der Waals surface area contributed by atoms with Crippen LogP contribution in [0.15, 0.2) is 59.5 Å². The lowest BCUT2D eigenvalue weighted by atomic mass is 10.1. The van der Waals surface area contributed by atoms with Crippen LogP contribution in [0.1, 0.15) is 6.92 Å². The van der Waals surface area contributed by atoms with Gasteiger partial charge in [-0.25, -0.2) is 13.8 Å². The van der Waals surface area contributed by atoms with E-state index in [2.05, 4.69) is 4.98 Å². The molecule has 5 heteroatoms. The van der Waals surface area contributed by atoms with Crippen LogP contribution in [-0.4, -0.2) is 10.7 Å². The molecule has 0 unspecified atom stereocenters. The Balaban J connectivity index is 2.15. The van der Waals surface area contributed by atoms with Crippen LogP contribution in [0.5, 0.6) is 0 Å². The molecule has 24 heavy (non-hydrogen) atoms. The van der Waals surface area contributed by atoms with Crippen LogP contribution in [-0.2, 0) is 0 Å². The number of aromatic nitrogens is 1. The van der Waals surface area contributed by atoms with Crippen molar-refractivity contribution in [2.45, 2.75) is 11.8 Å². The van der Waals surface area contributed by atoms with Gasteiger partial charge in [0.1, 0.15) is 11.6 Å². The lowest BCUT2D eigenvalue weighted by molar-refractivity contribution is 0.585. The van der Waals surface area contributed by atoms with Crippen molar-refractivity contribution in [1.29, 1.82) is 0 Å². The van der Waals surface area contributed by atoms with E-state index in [0.717, 1.165) is 22.3 Å². The van der Waals surface area contributed by atoms with Gasteiger partial charge < -0.3 is 0 Å². The fourth-order valence-corrected chi connectivity index (χ4v) is 3.30. The average Bonchev–Trinajstić information content (AvgIpc) is 2.55. The van der Waals surface area contributed by atoms with Crippen molar-refractivity contribution in [3.8, 4) is 22.5 Å². The zero-order valence-corrected chi connectivity index (χ0v) is 14.5. The predicted molar refractivity (Wildman–Crippen MR) is 96.4 cm³/mol. The number of hydrogen-bond donors (Lipinski definition) is 0. The van der Waals surface area contributed by atoms with Crippen LogP contribution in [0, 0.1) is 11.6 Å². The summed E-state index contributed by atoms with van der Waals surface area (Å²) in [6, 6.07) is 14.6. The zero-order valence-electron chi connectivity index (χ0n) is 12.9. The normalized spacial score (nSPS) is 10.8. The van der Waals surface area contributed by atoms with E-state index in [1.807, 2.05) is 37.3 Å². The fraction of sp³-hybridized carbons (Fsp3) is 0.105. The smallest absolute Gasteiger partial charge is 0.135 e. The van der Waals surface area contributed by atoms with Gasteiger partial charge >= 0.3 is 0 Å². The summed E-state index contributed by atoms with van der Waals surface area (Å²) in [5.74, 6) is -0.353. The quantitative estimate of drug-likeness (QED) is 0.494. The Morgan fingerprint density at radius 1 is 1.00 bits per heavy atom. The Hall–Kier alpha value is -1.91. The molecule has 1 aromatic heterocycles. The molecule has 3 rings (SSSR count). The molecule has 0 radical (unpaired) electrons. The van der Waals surface area contributed by atoms with Crippen molar-refractivity contribution in [2.75, 3.05) is 5.75 Å². The average molecular weight is 362 g/mol. The van der Waals surface area contributed by atoms with E-state index in [1.165, 1.54) is 12.1 Å². The van der Waals surface area contributed by atoms with Gasteiger partial charge in [0.2, 0.25) is 0 Å². The molecule has 1 heterocycles. The highest BCUT2D eigenvalue weighted by Gasteiger charge is 2.12. The van der Waals surface area contributed by atoms with E-state index >= 15 is 0 Å². The number of hydrogen-bond acceptors (Lipinski definition) is 2. The summed E-state index contributed by atoms with van der Waals surface area (Å²) in [6.07, 6.45) is 0. The van der Waals surface area contributed by atoms with Crippen molar-refractivity contribution < 1.29 is 8.78 Å². The number of nitrogens with zero attached hydrogens (tertiary/aromatic N) is 1. The standard InChI is InChI=1S/C19H14ClF2NS/c1-2-24-15-10-18(12-4-3-5-13(20)8-12)23-19(11-15)16-7-6-14(21)9-17(16)22/h3-11H,2H2,1H3. The van der Waals surface area contributed by atoms with Crippen LogP contribution in [0.25, 0.3) is 22.5 Å². The first-order valence-corrected chi connectivity index (χ1v) is 8.79. The molecule has 0 aliphatic carbocycles. The van der Waals surface area contributed by atoms with Gasteiger partial charge in [0.25, 0.3) is 0 Å². The molecule has 0 aliphatic rings. The van der Waals surface area contributed by atoms with Gasteiger partial charge in [-0.1, -0.05) is 30.7 Å². The molecule has 1 nitrogen and oxygen atoms in total. The maximum absolute atomic E-state index is 14.1. The number of thioether (sulfide) groups is 1. The second-order valence-electron chi connectivity index (χ2n) is 5.14. The van der Waals surface area contributed by atoms with E-state index in [1.54, 1.807) is 17.8 Å². The lowest BCUT2D eigenvalue weighted by Crippen LogP contribution is -1.93. The molecular weight excluding hydrogens is 348 g/mol. The summed E-state index contributed by atoms with van der Waals surface area (Å²) in [7, 11) is 0. The summed E-state index contributed by atoms with van der Waals surface area (Å²) in [5, 5.41) is 0.609. The van der Waals surface area contributed by atoms with Crippen LogP contribution in [0.3, 0.4) is 0 Å². The van der Waals surface area contributed by atoms with Crippen molar-refractivity contribution in [1.82, 2.24) is 4.98 Å². The highest BCUT2D eigenvalue weighted by molar-refractivity contribution is 7.99. The molecule has 0 amide bonds. The molecule has 0 atom stereocenters. The van der Waals surface area contributed by atoms with Gasteiger partial charge in [0.05, 0.1) is 11.4 Å². The van der Waals surface area contributed by atoms with Crippen molar-refractivity contribution in [2.24, 2.45) is 0 Å². The molecule has 0 saturated carbocycles. The molecule has 0 saturated heterocycles. The molecule has 0 N–H and O–H groups in total. The maximum atomic E-state index is 14.1. The van der Waals surface area contributed by atoms with Crippen LogP contribution < -0.4 is 0 Å². The number of benzene rings is 2. The third kappa shape index (κ3) is 3.77. The van der Waals surface area contributed by atoms with E-state index < -0.39 is 11.6 Å². The van der Waals surface area contributed by atoms with Gasteiger partial charge in [0, 0.05) is 27.1 Å². The van der Waals surface area contributed by atoms with Crippen LogP contribution in [0.2, 0.25) is 5.02 Å². The minimum absolute atomic E-state index is 0.276. The van der Waals surface area contributed by atoms with Gasteiger partial charge in [-0.05, 0) is 42.2 Å². The molecule has 0 fully saturated rings. The second kappa shape index (κ2) is 7.32. The molecule has 122 valence electrons. The highest BCUT2D eigenvalue weighted by Crippen LogP contribution is 2.31. The second-order valence-corrected chi connectivity index (χ2v) is 6.91. The first-order chi connectivity index (χ1) is 11.6. The first-order valence-electron chi connectivity index (χ1n) is 7.43. The number of halogens is 3. The van der Waals surface area contributed by atoms with E-state index in [4.69, 9.17) is 11.6 Å². The van der Waals surface area contributed by atoms with Crippen molar-refractivity contribution >= 4 is 23.4 Å². The zero-order chi connectivity index (χ0) is 17.1. The molecule has 0 bridgehead atoms. The van der Waals surface area contributed by atoms with E-state index in [9.17, 15) is 8.78 Å². The molecule has 3 aromatic rings. The summed E-state index contributed by atoms with van der Waals surface area (Å²) >= 11 is 7.70. The Bertz CT molecular complexity index is 883. The van der Waals surface area contributed by atoms with E-state index in [-0.39, 0.29) is 5.56 Å². The van der Waals surface area contributed by atoms with Crippen LogP contribution >= 0.6 is 23.4 Å². The lowest BCUT2D eigenvalue weighted by Gasteiger charge is -2.10. The van der Waals surface area contributed by atoms with Crippen molar-refractivity contribution in [3.63, 3.8) is 0 Å². The highest BCUT2D eigenvalue weighted by atomic mass is 35.5. The summed E-state index contributed by atoms with van der Waals surface area (Å²) < 4.78 is 27.3. The maximum Gasteiger partial charge on any atom is 0.135 e. The predicted octanol–water partition coefficient (Wildman–Crippen LogP) is 6.46. The summed E-state index contributed by atoms with van der Waals surface area (Å²) in [6.45, 7) is 2.04. The molecule has 2 aromatic carbocycles. The topological polar surface area (TPSA) is 12.9 Å². The number of rotatable bonds is 4. The summed E-state index contributed by atoms with van der Waals surface area (Å²) in [4.78, 5) is 5.53. The minimum Gasteiger partial charge on any atom is -0.248 e.